The van der Waals surface area contributed by atoms with E-state index in [1.807, 2.05) is 24.3 Å². The van der Waals surface area contributed by atoms with E-state index in [-0.39, 0.29) is 45.2 Å². The number of aromatic nitrogens is 1. The zero-order valence-corrected chi connectivity index (χ0v) is 26.5. The summed E-state index contributed by atoms with van der Waals surface area (Å²) in [4.78, 5) is 92.0. The first-order valence-corrected chi connectivity index (χ1v) is 15.8. The van der Waals surface area contributed by atoms with Crippen LogP contribution < -0.4 is 32.7 Å². The van der Waals surface area contributed by atoms with Crippen molar-refractivity contribution in [3.63, 3.8) is 0 Å². The molecule has 10 N–H and O–H groups in total. The number of carbonyl (C=O) groups excluding carboxylic acids is 6. The Labute approximate surface area is 275 Å². The number of primary amides is 2. The number of nitrogens with one attached hydrogen (secondary N) is 5. The summed E-state index contributed by atoms with van der Waals surface area (Å²) in [6.07, 6.45) is 2.89. The number of H-pyrrole nitrogens is 1. The Kier molecular flexibility index (Phi) is 13.8. The fourth-order valence-corrected chi connectivity index (χ4v) is 5.58. The summed E-state index contributed by atoms with van der Waals surface area (Å²) in [5.74, 6) is -5.07. The topological polar surface area (TPSA) is 259 Å². The van der Waals surface area contributed by atoms with Gasteiger partial charge >= 0.3 is 12.0 Å². The van der Waals surface area contributed by atoms with Gasteiger partial charge in [0.1, 0.15) is 30.0 Å². The second-order valence-corrected chi connectivity index (χ2v) is 11.5. The monoisotopic (exact) mass is 676 g/mol. The third kappa shape index (κ3) is 10.9. The van der Waals surface area contributed by atoms with Crippen molar-refractivity contribution in [3.05, 3.63) is 36.0 Å². The molecule has 0 spiro atoms. The maximum Gasteiger partial charge on any atom is 0.312 e. The Balaban J connectivity index is 1.85. The Morgan fingerprint density at radius 2 is 1.72 bits per heavy atom. The predicted octanol–water partition coefficient (Wildman–Crippen LogP) is -0.417. The van der Waals surface area contributed by atoms with Gasteiger partial charge < -0.3 is 47.7 Å². The van der Waals surface area contributed by atoms with Gasteiger partial charge in [0.05, 0.1) is 0 Å². The van der Waals surface area contributed by atoms with Crippen molar-refractivity contribution in [2.75, 3.05) is 19.0 Å². The van der Waals surface area contributed by atoms with E-state index in [0.29, 0.717) is 18.4 Å². The average Bonchev–Trinajstić information content (AvgIpc) is 3.45. The van der Waals surface area contributed by atoms with Crippen LogP contribution in [-0.4, -0.2) is 99.7 Å². The number of rotatable bonds is 17. The van der Waals surface area contributed by atoms with Crippen LogP contribution in [0.3, 0.4) is 0 Å². The number of aliphatic carboxylic acids is 1. The van der Waals surface area contributed by atoms with Gasteiger partial charge in [-0.3, -0.25) is 28.8 Å². The van der Waals surface area contributed by atoms with Crippen LogP contribution in [0.1, 0.15) is 50.5 Å². The quantitative estimate of drug-likeness (QED) is 0.0804. The molecule has 47 heavy (non-hydrogen) atoms. The van der Waals surface area contributed by atoms with Crippen molar-refractivity contribution in [1.29, 1.82) is 0 Å². The minimum absolute atomic E-state index is 0.0178. The van der Waals surface area contributed by atoms with Gasteiger partial charge in [-0.1, -0.05) is 18.2 Å². The molecule has 1 fully saturated rings. The lowest BCUT2D eigenvalue weighted by molar-refractivity contribution is -0.146. The zero-order chi connectivity index (χ0) is 34.5. The van der Waals surface area contributed by atoms with Gasteiger partial charge in [0.2, 0.25) is 29.5 Å². The van der Waals surface area contributed by atoms with E-state index in [4.69, 9.17) is 28.2 Å². The Hall–Kier alpha value is -4.86. The average molecular weight is 677 g/mol. The smallest absolute Gasteiger partial charge is 0.312 e. The van der Waals surface area contributed by atoms with Crippen LogP contribution in [0.5, 0.6) is 0 Å². The number of carboxylic acids is 1. The summed E-state index contributed by atoms with van der Waals surface area (Å²) in [5, 5.41) is 20.2. The third-order valence-electron chi connectivity index (χ3n) is 7.85. The van der Waals surface area contributed by atoms with E-state index in [9.17, 15) is 33.6 Å². The van der Waals surface area contributed by atoms with Crippen molar-refractivity contribution in [2.45, 2.75) is 75.5 Å². The molecule has 17 heteroatoms. The lowest BCUT2D eigenvalue weighted by atomic mass is 9.97. The highest BCUT2D eigenvalue weighted by Gasteiger charge is 2.38. The number of aromatic amines is 1. The van der Waals surface area contributed by atoms with Crippen molar-refractivity contribution in [3.8, 4) is 0 Å². The van der Waals surface area contributed by atoms with Crippen molar-refractivity contribution < 1.29 is 38.7 Å². The SMILES string of the molecule is NC(=O)NCCC[C@H](NC(=O)[C@H](Cc1c[nH]c2ccccc12)NC(=O)[C@@H]1CCCCN1C(=O)[C@H](CCC(=O)O)NC(=O)CCl)C(N)=O. The molecular formula is C30H41ClN8O8. The van der Waals surface area contributed by atoms with Gasteiger partial charge in [0.15, 0.2) is 0 Å². The lowest BCUT2D eigenvalue weighted by Crippen LogP contribution is -2.60. The first-order valence-electron chi connectivity index (χ1n) is 15.3. The molecule has 256 valence electrons. The predicted molar refractivity (Wildman–Crippen MR) is 171 cm³/mol. The Bertz CT molecular complexity index is 1470. The highest BCUT2D eigenvalue weighted by Crippen LogP contribution is 2.22. The number of fused-ring (bicyclic) bond motifs is 1. The summed E-state index contributed by atoms with van der Waals surface area (Å²) in [6, 6.07) is 2.06. The van der Waals surface area contributed by atoms with Crippen LogP contribution in [0.4, 0.5) is 4.79 Å². The molecule has 16 nitrogen and oxygen atoms in total. The number of amides is 7. The van der Waals surface area contributed by atoms with E-state index in [2.05, 4.69) is 26.3 Å². The number of para-hydroxylation sites is 1. The number of halogens is 1. The van der Waals surface area contributed by atoms with Crippen LogP contribution in [0.15, 0.2) is 30.5 Å². The molecule has 1 aromatic carbocycles. The number of piperidine rings is 1. The minimum atomic E-state index is -1.23. The molecule has 3 rings (SSSR count). The molecular weight excluding hydrogens is 636 g/mol. The number of carbonyl (C=O) groups is 7. The van der Waals surface area contributed by atoms with Crippen LogP contribution >= 0.6 is 11.6 Å². The lowest BCUT2D eigenvalue weighted by Gasteiger charge is -2.37. The molecule has 1 aromatic heterocycles. The fourth-order valence-electron chi connectivity index (χ4n) is 5.50. The molecule has 1 saturated heterocycles. The summed E-state index contributed by atoms with van der Waals surface area (Å²) in [6.45, 7) is 0.314. The van der Waals surface area contributed by atoms with Gasteiger partial charge in [-0.25, -0.2) is 4.79 Å². The van der Waals surface area contributed by atoms with E-state index in [1.54, 1.807) is 6.20 Å². The Morgan fingerprint density at radius 3 is 2.40 bits per heavy atom. The highest BCUT2D eigenvalue weighted by molar-refractivity contribution is 6.27. The molecule has 2 heterocycles. The number of urea groups is 1. The minimum Gasteiger partial charge on any atom is -0.481 e. The van der Waals surface area contributed by atoms with Crippen molar-refractivity contribution in [2.24, 2.45) is 11.5 Å². The largest absolute Gasteiger partial charge is 0.481 e. The fraction of sp³-hybridized carbons (Fsp3) is 0.500. The number of benzene rings is 1. The number of hydrogen-bond acceptors (Lipinski definition) is 7. The second-order valence-electron chi connectivity index (χ2n) is 11.3. The van der Waals surface area contributed by atoms with Crippen LogP contribution in [0.25, 0.3) is 10.9 Å². The van der Waals surface area contributed by atoms with Crippen molar-refractivity contribution >= 4 is 64.0 Å². The van der Waals surface area contributed by atoms with Gasteiger partial charge in [-0.15, -0.1) is 11.6 Å². The van der Waals surface area contributed by atoms with Gasteiger partial charge in [-0.2, -0.15) is 0 Å². The van der Waals surface area contributed by atoms with Crippen molar-refractivity contribution in [1.82, 2.24) is 31.2 Å². The number of likely N-dealkylation sites (tertiary alicyclic amines) is 1. The molecule has 1 aliphatic heterocycles. The van der Waals surface area contributed by atoms with E-state index >= 15 is 0 Å². The number of nitrogens with zero attached hydrogens (tertiary/aromatic N) is 1. The van der Waals surface area contributed by atoms with Crippen LogP contribution in [-0.2, 0) is 35.2 Å². The maximum atomic E-state index is 13.8. The number of hydrogen-bond donors (Lipinski definition) is 8. The number of nitrogens with two attached hydrogens (primary N) is 2. The summed E-state index contributed by atoms with van der Waals surface area (Å²) in [7, 11) is 0. The summed E-state index contributed by atoms with van der Waals surface area (Å²) < 4.78 is 0. The summed E-state index contributed by atoms with van der Waals surface area (Å²) >= 11 is 5.61. The van der Waals surface area contributed by atoms with Crippen LogP contribution in [0, 0.1) is 0 Å². The molecule has 4 atom stereocenters. The normalized spacial score (nSPS) is 16.4. The summed E-state index contributed by atoms with van der Waals surface area (Å²) in [5.41, 5.74) is 12.1. The number of carboxylic acid groups (broad SMARTS) is 1. The molecule has 2 aromatic rings. The maximum absolute atomic E-state index is 13.8. The van der Waals surface area contributed by atoms with E-state index in [0.717, 1.165) is 10.9 Å². The van der Waals surface area contributed by atoms with Crippen LogP contribution in [0.2, 0.25) is 0 Å². The van der Waals surface area contributed by atoms with Gasteiger partial charge in [0.25, 0.3) is 0 Å². The molecule has 0 unspecified atom stereocenters. The van der Waals surface area contributed by atoms with Gasteiger partial charge in [0, 0.05) is 43.0 Å². The number of alkyl halides is 1. The standard InChI is InChI=1S/C30H41ClN8O8/c31-15-24(40)36-21(10-11-25(41)42)29(46)39-13-4-3-9-23(39)28(45)38-22(14-17-16-35-19-7-2-1-6-18(17)19)27(44)37-20(26(32)43)8-5-12-34-30(33)47/h1-2,6-7,16,20-23,35H,3-5,8-15H2,(H2,32,43)(H,36,40)(H,37,44)(H,38,45)(H,41,42)(H3,33,34,47)/t20-,21-,22-,23-/m0/s1. The molecule has 0 radical (unpaired) electrons. The molecule has 1 aliphatic rings. The third-order valence-corrected chi connectivity index (χ3v) is 8.09. The molecule has 0 aliphatic carbocycles. The first-order chi connectivity index (χ1) is 22.4. The zero-order valence-electron chi connectivity index (χ0n) is 25.8. The second kappa shape index (κ2) is 17.7. The van der Waals surface area contributed by atoms with E-state index in [1.165, 1.54) is 4.90 Å². The molecule has 0 saturated carbocycles. The first kappa shape index (κ1) is 36.6. The molecule has 0 bridgehead atoms. The highest BCUT2D eigenvalue weighted by atomic mass is 35.5. The molecule has 7 amide bonds. The Morgan fingerprint density at radius 1 is 0.979 bits per heavy atom. The van der Waals surface area contributed by atoms with Gasteiger partial charge in [-0.05, 0) is 50.2 Å². The van der Waals surface area contributed by atoms with E-state index < -0.39 is 78.0 Å².